The van der Waals surface area contributed by atoms with Crippen molar-refractivity contribution in [3.63, 3.8) is 0 Å². The summed E-state index contributed by atoms with van der Waals surface area (Å²) in [6.45, 7) is 3.62. The Morgan fingerprint density at radius 2 is 2.50 bits per heavy atom. The van der Waals surface area contributed by atoms with Crippen LogP contribution < -0.4 is 0 Å². The van der Waals surface area contributed by atoms with Gasteiger partial charge in [-0.2, -0.15) is 0 Å². The van der Waals surface area contributed by atoms with Gasteiger partial charge in [-0.05, 0) is 4.57 Å². The molecule has 0 amide bonds. The largest absolute Gasteiger partial charge is 0.509 e. The Morgan fingerprint density at radius 1 is 1.80 bits per heavy atom. The molecule has 0 aromatic carbocycles. The van der Waals surface area contributed by atoms with Crippen molar-refractivity contribution in [2.45, 2.75) is 6.42 Å². The van der Waals surface area contributed by atoms with Gasteiger partial charge in [-0.1, -0.05) is 12.0 Å². The molecule has 0 saturated carbocycles. The number of terminal acetylenes is 1. The van der Waals surface area contributed by atoms with Crippen LogP contribution in [0.1, 0.15) is 6.42 Å². The first-order valence-corrected chi connectivity index (χ1v) is 4.29. The van der Waals surface area contributed by atoms with Crippen LogP contribution in [0.4, 0.5) is 0 Å². The molecule has 0 spiro atoms. The fraction of sp³-hybridized carbons (Fsp3) is 0.429. The number of hydrogen-bond donors (Lipinski definition) is 0. The van der Waals surface area contributed by atoms with E-state index in [1.54, 1.807) is 6.08 Å². The Balaban J connectivity index is 3.27. The minimum Gasteiger partial charge on any atom is -0.133 e. The van der Waals surface area contributed by atoms with Crippen molar-refractivity contribution in [2.24, 2.45) is 0 Å². The maximum absolute atomic E-state index is 10.7. The Kier molecular flexibility index (Phi) is 6.06. The molecular formula is C7H10O2P+. The molecule has 10 heavy (non-hydrogen) atoms. The van der Waals surface area contributed by atoms with E-state index in [4.69, 9.17) is 10.9 Å². The summed E-state index contributed by atoms with van der Waals surface area (Å²) in [7, 11) is -1.56. The average molecular weight is 157 g/mol. The monoisotopic (exact) mass is 157 g/mol. The van der Waals surface area contributed by atoms with Gasteiger partial charge in [-0.25, -0.2) is 0 Å². The summed E-state index contributed by atoms with van der Waals surface area (Å²) in [5.74, 6) is 2.24. The predicted octanol–water partition coefficient (Wildman–Crippen LogP) is 1.95. The lowest BCUT2D eigenvalue weighted by molar-refractivity contribution is 0.378. The van der Waals surface area contributed by atoms with Crippen molar-refractivity contribution in [3.05, 3.63) is 12.7 Å². The van der Waals surface area contributed by atoms with Crippen LogP contribution in [0, 0.1) is 12.3 Å². The zero-order valence-electron chi connectivity index (χ0n) is 5.75. The van der Waals surface area contributed by atoms with E-state index in [1.165, 1.54) is 0 Å². The third-order valence-corrected chi connectivity index (χ3v) is 1.85. The van der Waals surface area contributed by atoms with Gasteiger partial charge in [-0.3, -0.25) is 0 Å². The summed E-state index contributed by atoms with van der Waals surface area (Å²) in [5, 5.41) is 0. The maximum Gasteiger partial charge on any atom is 0.509 e. The van der Waals surface area contributed by atoms with Crippen LogP contribution in [0.25, 0.3) is 0 Å². The minimum absolute atomic E-state index is 0.131. The lowest BCUT2D eigenvalue weighted by Crippen LogP contribution is -1.83. The van der Waals surface area contributed by atoms with Gasteiger partial charge >= 0.3 is 8.03 Å². The van der Waals surface area contributed by atoms with Crippen LogP contribution in [0.5, 0.6) is 0 Å². The van der Waals surface area contributed by atoms with Crippen LogP contribution in [-0.2, 0) is 9.09 Å². The Bertz CT molecular complexity index is 157. The molecule has 0 aliphatic rings. The zero-order chi connectivity index (χ0) is 7.82. The second kappa shape index (κ2) is 6.48. The summed E-state index contributed by atoms with van der Waals surface area (Å²) < 4.78 is 15.5. The molecule has 0 aliphatic heterocycles. The smallest absolute Gasteiger partial charge is 0.133 e. The van der Waals surface area contributed by atoms with Crippen molar-refractivity contribution in [2.75, 3.05) is 12.8 Å². The molecule has 0 bridgehead atoms. The Labute approximate surface area is 62.1 Å². The van der Waals surface area contributed by atoms with Crippen molar-refractivity contribution < 1.29 is 9.09 Å². The Hall–Kier alpha value is -0.640. The van der Waals surface area contributed by atoms with E-state index >= 15 is 0 Å². The van der Waals surface area contributed by atoms with E-state index in [-0.39, 0.29) is 6.61 Å². The van der Waals surface area contributed by atoms with Gasteiger partial charge < -0.3 is 0 Å². The van der Waals surface area contributed by atoms with E-state index in [0.29, 0.717) is 12.6 Å². The van der Waals surface area contributed by atoms with E-state index in [2.05, 4.69) is 12.5 Å². The quantitative estimate of drug-likeness (QED) is 0.346. The van der Waals surface area contributed by atoms with Gasteiger partial charge in [0, 0.05) is 6.42 Å². The molecule has 0 heterocycles. The second-order valence-electron chi connectivity index (χ2n) is 1.61. The van der Waals surface area contributed by atoms with Crippen molar-refractivity contribution in [3.8, 4) is 12.3 Å². The summed E-state index contributed by atoms with van der Waals surface area (Å²) in [6, 6.07) is 0. The SMILES string of the molecule is C#CCO[P+](=O)CCC=C. The summed E-state index contributed by atoms with van der Waals surface area (Å²) >= 11 is 0. The van der Waals surface area contributed by atoms with E-state index < -0.39 is 8.03 Å². The number of hydrogen-bond acceptors (Lipinski definition) is 2. The third-order valence-electron chi connectivity index (χ3n) is 0.808. The van der Waals surface area contributed by atoms with Crippen molar-refractivity contribution >= 4 is 8.03 Å². The fourth-order valence-electron chi connectivity index (χ4n) is 0.371. The van der Waals surface area contributed by atoms with Gasteiger partial charge in [-0.15, -0.1) is 17.5 Å². The molecule has 3 heteroatoms. The first-order chi connectivity index (χ1) is 4.81. The first kappa shape index (κ1) is 9.36. The molecule has 0 saturated heterocycles. The molecule has 0 fully saturated rings. The molecule has 0 aromatic heterocycles. The minimum atomic E-state index is -1.56. The standard InChI is InChI=1S/C7H10O2P/c1-3-5-7-10(8)9-6-4-2/h2-3H,1,5-7H2/q+1. The van der Waals surface area contributed by atoms with Crippen molar-refractivity contribution in [1.82, 2.24) is 0 Å². The molecule has 0 radical (unpaired) electrons. The van der Waals surface area contributed by atoms with Gasteiger partial charge in [0.2, 0.25) is 0 Å². The molecule has 2 nitrogen and oxygen atoms in total. The lowest BCUT2D eigenvalue weighted by atomic mass is 10.5. The highest BCUT2D eigenvalue weighted by atomic mass is 31.1. The first-order valence-electron chi connectivity index (χ1n) is 2.93. The second-order valence-corrected chi connectivity index (χ2v) is 2.98. The molecule has 1 unspecified atom stereocenters. The maximum atomic E-state index is 10.7. The lowest BCUT2D eigenvalue weighted by Gasteiger charge is -1.80. The molecule has 0 N–H and O–H groups in total. The average Bonchev–Trinajstić information content (AvgIpc) is 1.97. The van der Waals surface area contributed by atoms with Crippen LogP contribution in [0.2, 0.25) is 0 Å². The van der Waals surface area contributed by atoms with Crippen LogP contribution in [0.3, 0.4) is 0 Å². The fourth-order valence-corrected chi connectivity index (χ4v) is 1.11. The highest BCUT2D eigenvalue weighted by molar-refractivity contribution is 7.39. The predicted molar refractivity (Wildman–Crippen MR) is 42.1 cm³/mol. The summed E-state index contributed by atoms with van der Waals surface area (Å²) in [5.41, 5.74) is 0. The van der Waals surface area contributed by atoms with Gasteiger partial charge in [0.15, 0.2) is 12.8 Å². The third kappa shape index (κ3) is 5.50. The van der Waals surface area contributed by atoms with Crippen LogP contribution in [0.15, 0.2) is 12.7 Å². The topological polar surface area (TPSA) is 26.3 Å². The summed E-state index contributed by atoms with van der Waals surface area (Å²) in [4.78, 5) is 0. The molecule has 0 rings (SSSR count). The number of allylic oxidation sites excluding steroid dienone is 1. The van der Waals surface area contributed by atoms with Crippen LogP contribution in [-0.4, -0.2) is 12.8 Å². The van der Waals surface area contributed by atoms with E-state index in [0.717, 1.165) is 0 Å². The molecule has 0 aliphatic carbocycles. The van der Waals surface area contributed by atoms with Gasteiger partial charge in [0.25, 0.3) is 0 Å². The molecule has 1 atom stereocenters. The molecule has 54 valence electrons. The van der Waals surface area contributed by atoms with Crippen LogP contribution >= 0.6 is 8.03 Å². The molecule has 0 aromatic rings. The number of rotatable bonds is 5. The van der Waals surface area contributed by atoms with Gasteiger partial charge in [0.05, 0.1) is 0 Å². The summed E-state index contributed by atoms with van der Waals surface area (Å²) in [6.07, 6.45) is 7.81. The van der Waals surface area contributed by atoms with Crippen molar-refractivity contribution in [1.29, 1.82) is 0 Å². The zero-order valence-corrected chi connectivity index (χ0v) is 6.64. The highest BCUT2D eigenvalue weighted by Gasteiger charge is 2.13. The van der Waals surface area contributed by atoms with Gasteiger partial charge in [0.1, 0.15) is 0 Å². The normalized spacial score (nSPS) is 10.1. The van der Waals surface area contributed by atoms with E-state index in [1.807, 2.05) is 0 Å². The van der Waals surface area contributed by atoms with E-state index in [9.17, 15) is 4.57 Å². The Morgan fingerprint density at radius 3 is 3.00 bits per heavy atom. The highest BCUT2D eigenvalue weighted by Crippen LogP contribution is 2.22. The molecular weight excluding hydrogens is 147 g/mol.